The predicted molar refractivity (Wildman–Crippen MR) is 99.6 cm³/mol. The van der Waals surface area contributed by atoms with E-state index in [9.17, 15) is 18.0 Å². The van der Waals surface area contributed by atoms with Gasteiger partial charge in [0.1, 0.15) is 17.2 Å². The van der Waals surface area contributed by atoms with E-state index < -0.39 is 11.7 Å². The summed E-state index contributed by atoms with van der Waals surface area (Å²) in [4.78, 5) is 21.5. The van der Waals surface area contributed by atoms with Crippen molar-refractivity contribution in [3.63, 3.8) is 0 Å². The summed E-state index contributed by atoms with van der Waals surface area (Å²) in [6.45, 7) is 3.13. The molecule has 156 valence electrons. The third kappa shape index (κ3) is 4.28. The summed E-state index contributed by atoms with van der Waals surface area (Å²) < 4.78 is 41.3. The normalized spacial score (nSPS) is 17.1. The van der Waals surface area contributed by atoms with Gasteiger partial charge in [-0.25, -0.2) is 9.67 Å². The van der Waals surface area contributed by atoms with Crippen molar-refractivity contribution in [2.75, 3.05) is 23.7 Å². The van der Waals surface area contributed by atoms with E-state index in [4.69, 9.17) is 0 Å². The van der Waals surface area contributed by atoms with Crippen molar-refractivity contribution in [2.45, 2.75) is 51.4 Å². The Labute approximate surface area is 165 Å². The number of hydrogen-bond donors (Lipinski definition) is 2. The first-order chi connectivity index (χ1) is 13.8. The van der Waals surface area contributed by atoms with E-state index in [1.807, 2.05) is 4.68 Å². The van der Waals surface area contributed by atoms with E-state index in [1.165, 1.54) is 0 Å². The third-order valence-corrected chi connectivity index (χ3v) is 4.88. The van der Waals surface area contributed by atoms with Crippen LogP contribution >= 0.6 is 0 Å². The van der Waals surface area contributed by atoms with Gasteiger partial charge in [-0.05, 0) is 26.2 Å². The Hall–Kier alpha value is -2.85. The number of nitrogens with one attached hydrogen (secondary N) is 2. The van der Waals surface area contributed by atoms with Gasteiger partial charge in [0.25, 0.3) is 0 Å². The number of carbonyl (C=O) groups is 1. The summed E-state index contributed by atoms with van der Waals surface area (Å²) in [7, 11) is 0. The Morgan fingerprint density at radius 3 is 2.72 bits per heavy atom. The zero-order valence-electron chi connectivity index (χ0n) is 16.0. The second kappa shape index (κ2) is 7.53. The van der Waals surface area contributed by atoms with E-state index in [-0.39, 0.29) is 23.7 Å². The predicted octanol–water partition coefficient (Wildman–Crippen LogP) is 3.32. The molecular weight excluding hydrogens is 387 g/mol. The number of alkyl halides is 3. The van der Waals surface area contributed by atoms with Crippen molar-refractivity contribution in [3.8, 4) is 0 Å². The van der Waals surface area contributed by atoms with Crippen LogP contribution in [0.5, 0.6) is 0 Å². The molecule has 29 heavy (non-hydrogen) atoms. The van der Waals surface area contributed by atoms with E-state index in [2.05, 4.69) is 25.7 Å². The van der Waals surface area contributed by atoms with Gasteiger partial charge < -0.3 is 15.5 Å². The number of aromatic nitrogens is 4. The van der Waals surface area contributed by atoms with Gasteiger partial charge in [-0.2, -0.15) is 23.3 Å². The van der Waals surface area contributed by atoms with Gasteiger partial charge >= 0.3 is 6.18 Å². The fraction of sp³-hybridized carbons (Fsp3) is 0.556. The summed E-state index contributed by atoms with van der Waals surface area (Å²) in [6, 6.07) is 2.04. The lowest BCUT2D eigenvalue weighted by Crippen LogP contribution is -2.24. The molecule has 2 aliphatic rings. The van der Waals surface area contributed by atoms with Gasteiger partial charge in [0.2, 0.25) is 11.9 Å². The van der Waals surface area contributed by atoms with Gasteiger partial charge in [-0.1, -0.05) is 0 Å². The van der Waals surface area contributed by atoms with Crippen molar-refractivity contribution in [1.82, 2.24) is 24.6 Å². The minimum atomic E-state index is -4.54. The average Bonchev–Trinajstić information content (AvgIpc) is 3.31. The van der Waals surface area contributed by atoms with Crippen LogP contribution in [-0.2, 0) is 17.5 Å². The SMILES string of the molecule is CCNc1nc(Nc2cc(CN3CCCC3=O)nn2C2CC2)ncc1C(F)(F)F. The summed E-state index contributed by atoms with van der Waals surface area (Å²) in [5.41, 5.74) is -0.178. The topological polar surface area (TPSA) is 88.0 Å². The molecule has 0 aromatic carbocycles. The van der Waals surface area contributed by atoms with Crippen molar-refractivity contribution < 1.29 is 18.0 Å². The average molecular weight is 409 g/mol. The molecule has 2 aromatic heterocycles. The van der Waals surface area contributed by atoms with Gasteiger partial charge in [0, 0.05) is 31.8 Å². The number of carbonyl (C=O) groups excluding carboxylic acids is 1. The highest BCUT2D eigenvalue weighted by atomic mass is 19.4. The molecule has 3 heterocycles. The van der Waals surface area contributed by atoms with Gasteiger partial charge in [0.15, 0.2) is 0 Å². The highest BCUT2D eigenvalue weighted by Crippen LogP contribution is 2.38. The zero-order valence-corrected chi connectivity index (χ0v) is 16.0. The number of nitrogens with zero attached hydrogens (tertiary/aromatic N) is 5. The lowest BCUT2D eigenvalue weighted by molar-refractivity contribution is -0.137. The summed E-state index contributed by atoms with van der Waals surface area (Å²) in [5, 5.41) is 10.2. The van der Waals surface area contributed by atoms with Gasteiger partial charge in [0.05, 0.1) is 18.3 Å². The van der Waals surface area contributed by atoms with E-state index in [0.29, 0.717) is 31.9 Å². The maximum atomic E-state index is 13.2. The van der Waals surface area contributed by atoms with Crippen LogP contribution in [-0.4, -0.2) is 43.6 Å². The number of rotatable bonds is 7. The Bertz CT molecular complexity index is 907. The maximum absolute atomic E-state index is 13.2. The molecule has 11 heteroatoms. The molecule has 0 atom stereocenters. The number of amides is 1. The van der Waals surface area contributed by atoms with Crippen LogP contribution in [0.25, 0.3) is 0 Å². The van der Waals surface area contributed by atoms with E-state index >= 15 is 0 Å². The molecule has 0 spiro atoms. The van der Waals surface area contributed by atoms with Crippen LogP contribution < -0.4 is 10.6 Å². The number of hydrogen-bond acceptors (Lipinski definition) is 6. The Kier molecular flexibility index (Phi) is 5.05. The molecule has 1 saturated carbocycles. The van der Waals surface area contributed by atoms with Crippen molar-refractivity contribution >= 4 is 23.5 Å². The smallest absolute Gasteiger partial charge is 0.370 e. The second-order valence-corrected chi connectivity index (χ2v) is 7.22. The molecule has 1 amide bonds. The summed E-state index contributed by atoms with van der Waals surface area (Å²) in [5.74, 6) is 0.510. The van der Waals surface area contributed by atoms with Crippen LogP contribution in [0.3, 0.4) is 0 Å². The Morgan fingerprint density at radius 1 is 1.31 bits per heavy atom. The standard InChI is InChI=1S/C18H22F3N7O/c1-2-22-16-13(18(19,20)21)9-23-17(25-16)24-14-8-11(26-28(14)12-5-6-12)10-27-7-3-4-15(27)29/h8-9,12H,2-7,10H2,1H3,(H2,22,23,24,25). The lowest BCUT2D eigenvalue weighted by Gasteiger charge is -2.14. The van der Waals surface area contributed by atoms with Crippen molar-refractivity contribution in [1.29, 1.82) is 0 Å². The van der Waals surface area contributed by atoms with Crippen LogP contribution in [0.4, 0.5) is 30.8 Å². The molecule has 2 N–H and O–H groups in total. The van der Waals surface area contributed by atoms with Crippen molar-refractivity contribution in [3.05, 3.63) is 23.5 Å². The van der Waals surface area contributed by atoms with Gasteiger partial charge in [-0.3, -0.25) is 4.79 Å². The first kappa shape index (κ1) is 19.5. The molecule has 0 radical (unpaired) electrons. The fourth-order valence-corrected chi connectivity index (χ4v) is 3.35. The minimum absolute atomic E-state index is 0.0551. The molecule has 4 rings (SSSR count). The monoisotopic (exact) mass is 409 g/mol. The molecule has 8 nitrogen and oxygen atoms in total. The zero-order chi connectivity index (χ0) is 20.6. The number of likely N-dealkylation sites (tertiary alicyclic amines) is 1. The minimum Gasteiger partial charge on any atom is -0.370 e. The lowest BCUT2D eigenvalue weighted by atomic mass is 10.3. The number of halogens is 3. The Morgan fingerprint density at radius 2 is 2.10 bits per heavy atom. The molecule has 0 unspecified atom stereocenters. The quantitative estimate of drug-likeness (QED) is 0.730. The van der Waals surface area contributed by atoms with Crippen LogP contribution in [0, 0.1) is 0 Å². The molecule has 1 aliphatic heterocycles. The third-order valence-electron chi connectivity index (χ3n) is 4.88. The second-order valence-electron chi connectivity index (χ2n) is 7.22. The molecule has 2 fully saturated rings. The molecule has 0 bridgehead atoms. The highest BCUT2D eigenvalue weighted by molar-refractivity contribution is 5.78. The van der Waals surface area contributed by atoms with Crippen LogP contribution in [0.15, 0.2) is 12.3 Å². The fourth-order valence-electron chi connectivity index (χ4n) is 3.35. The largest absolute Gasteiger partial charge is 0.421 e. The highest BCUT2D eigenvalue weighted by Gasteiger charge is 2.35. The van der Waals surface area contributed by atoms with Crippen molar-refractivity contribution in [2.24, 2.45) is 0 Å². The molecule has 1 saturated heterocycles. The first-order valence-electron chi connectivity index (χ1n) is 9.66. The van der Waals surface area contributed by atoms with E-state index in [0.717, 1.165) is 31.2 Å². The van der Waals surface area contributed by atoms with Crippen LogP contribution in [0.2, 0.25) is 0 Å². The van der Waals surface area contributed by atoms with E-state index in [1.54, 1.807) is 17.9 Å². The van der Waals surface area contributed by atoms with Crippen LogP contribution in [0.1, 0.15) is 49.9 Å². The van der Waals surface area contributed by atoms with Gasteiger partial charge in [-0.15, -0.1) is 0 Å². The maximum Gasteiger partial charge on any atom is 0.421 e. The first-order valence-corrected chi connectivity index (χ1v) is 9.66. The molecule has 1 aliphatic carbocycles. The number of anilines is 3. The molecular formula is C18H22F3N7O. The summed E-state index contributed by atoms with van der Waals surface area (Å²) >= 11 is 0. The molecule has 2 aromatic rings. The Balaban J connectivity index is 1.58. The summed E-state index contributed by atoms with van der Waals surface area (Å²) in [6.07, 6.45) is -0.402.